The van der Waals surface area contributed by atoms with E-state index in [2.05, 4.69) is 16.4 Å². The molecule has 4 rings (SSSR count). The Kier molecular flexibility index (Phi) is 4.03. The third-order valence-corrected chi connectivity index (χ3v) is 5.78. The molecule has 1 aliphatic rings. The number of ether oxygens (including phenoxy) is 1. The Balaban J connectivity index is 2.13. The van der Waals surface area contributed by atoms with Crippen LogP contribution < -0.4 is 21.3 Å². The van der Waals surface area contributed by atoms with Gasteiger partial charge < -0.3 is 20.8 Å². The molecule has 28 heavy (non-hydrogen) atoms. The van der Waals surface area contributed by atoms with Gasteiger partial charge in [0.2, 0.25) is 5.88 Å². The minimum absolute atomic E-state index is 0.0478. The van der Waals surface area contributed by atoms with E-state index in [-0.39, 0.29) is 33.9 Å². The number of hydrogen-bond donors (Lipinski definition) is 3. The number of aromatic amines is 1. The molecule has 9 heteroatoms. The first-order valence-corrected chi connectivity index (χ1v) is 8.96. The van der Waals surface area contributed by atoms with Crippen LogP contribution in [0.1, 0.15) is 22.6 Å². The molecule has 1 aliphatic heterocycles. The van der Waals surface area contributed by atoms with Crippen molar-refractivity contribution >= 4 is 26.6 Å². The largest absolute Gasteiger partial charge is 0.438 e. The number of anilines is 1. The highest BCUT2D eigenvalue weighted by molar-refractivity contribution is 7.23. The van der Waals surface area contributed by atoms with Crippen LogP contribution in [0.3, 0.4) is 0 Å². The highest BCUT2D eigenvalue weighted by atomic mass is 32.1. The Morgan fingerprint density at radius 3 is 2.71 bits per heavy atom. The van der Waals surface area contributed by atoms with Gasteiger partial charge in [0.15, 0.2) is 5.75 Å². The Bertz CT molecular complexity index is 1310. The van der Waals surface area contributed by atoms with E-state index < -0.39 is 17.3 Å². The summed E-state index contributed by atoms with van der Waals surface area (Å²) in [6.07, 6.45) is 0. The van der Waals surface area contributed by atoms with Gasteiger partial charge in [0, 0.05) is 12.6 Å². The number of benzene rings is 1. The van der Waals surface area contributed by atoms with Gasteiger partial charge in [-0.15, -0.1) is 11.3 Å². The van der Waals surface area contributed by atoms with E-state index in [1.165, 1.54) is 29.5 Å². The first-order chi connectivity index (χ1) is 13.5. The lowest BCUT2D eigenvalue weighted by Crippen LogP contribution is -2.28. The second-order valence-corrected chi connectivity index (χ2v) is 7.04. The van der Waals surface area contributed by atoms with E-state index >= 15 is 0 Å². The summed E-state index contributed by atoms with van der Waals surface area (Å²) in [5, 5.41) is 22.5. The first kappa shape index (κ1) is 17.6. The molecule has 7 nitrogen and oxygen atoms in total. The van der Waals surface area contributed by atoms with Gasteiger partial charge in [0.25, 0.3) is 5.56 Å². The molecular weight excluding hydrogens is 381 g/mol. The van der Waals surface area contributed by atoms with Crippen molar-refractivity contribution in [1.29, 1.82) is 10.5 Å². The second kappa shape index (κ2) is 6.41. The number of nitrogens with two attached hydrogens (primary N) is 1. The molecule has 0 saturated carbocycles. The fourth-order valence-electron chi connectivity index (χ4n) is 3.35. The van der Waals surface area contributed by atoms with E-state index in [1.54, 1.807) is 13.1 Å². The number of pyridine rings is 1. The topological polar surface area (TPSA) is 128 Å². The lowest BCUT2D eigenvalue weighted by Gasteiger charge is -2.26. The lowest BCUT2D eigenvalue weighted by molar-refractivity contribution is 0.396. The monoisotopic (exact) mass is 393 g/mol. The number of H-pyrrole nitrogens is 1. The van der Waals surface area contributed by atoms with Crippen LogP contribution >= 0.6 is 11.3 Å². The van der Waals surface area contributed by atoms with Crippen molar-refractivity contribution < 1.29 is 9.13 Å². The summed E-state index contributed by atoms with van der Waals surface area (Å²) in [5.41, 5.74) is 6.13. The number of hydrogen-bond acceptors (Lipinski definition) is 7. The van der Waals surface area contributed by atoms with Crippen LogP contribution in [0.15, 0.2) is 40.5 Å². The van der Waals surface area contributed by atoms with Gasteiger partial charge in [-0.3, -0.25) is 4.79 Å². The summed E-state index contributed by atoms with van der Waals surface area (Å²) < 4.78 is 20.7. The van der Waals surface area contributed by atoms with E-state index in [0.717, 1.165) is 0 Å². The van der Waals surface area contributed by atoms with Gasteiger partial charge in [-0.25, -0.2) is 4.39 Å². The van der Waals surface area contributed by atoms with E-state index in [1.807, 2.05) is 6.07 Å². The minimum atomic E-state index is -1.02. The van der Waals surface area contributed by atoms with Crippen molar-refractivity contribution in [2.75, 3.05) is 12.4 Å². The van der Waals surface area contributed by atoms with Crippen LogP contribution in [0, 0.1) is 28.5 Å². The number of rotatable bonds is 2. The molecule has 3 heterocycles. The summed E-state index contributed by atoms with van der Waals surface area (Å²) in [5.74, 6) is -1.66. The van der Waals surface area contributed by atoms with Crippen molar-refractivity contribution in [3.8, 4) is 17.9 Å². The molecule has 0 spiro atoms. The predicted molar refractivity (Wildman–Crippen MR) is 102 cm³/mol. The first-order valence-electron chi connectivity index (χ1n) is 8.14. The summed E-state index contributed by atoms with van der Waals surface area (Å²) in [6, 6.07) is 9.87. The van der Waals surface area contributed by atoms with Crippen LogP contribution in [-0.2, 0) is 0 Å². The molecule has 1 aromatic carbocycles. The van der Waals surface area contributed by atoms with Crippen molar-refractivity contribution in [2.45, 2.75) is 5.92 Å². The number of aromatic nitrogens is 1. The molecule has 1 atom stereocenters. The number of halogens is 1. The molecule has 0 radical (unpaired) electrons. The molecule has 0 amide bonds. The zero-order chi connectivity index (χ0) is 20.0. The minimum Gasteiger partial charge on any atom is -0.438 e. The second-order valence-electron chi connectivity index (χ2n) is 6.02. The highest BCUT2D eigenvalue weighted by Crippen LogP contribution is 2.47. The lowest BCUT2D eigenvalue weighted by atomic mass is 9.84. The Morgan fingerprint density at radius 2 is 2.07 bits per heavy atom. The zero-order valence-electron chi connectivity index (χ0n) is 14.5. The van der Waals surface area contributed by atoms with Gasteiger partial charge in [0.1, 0.15) is 34.1 Å². The Morgan fingerprint density at radius 1 is 1.32 bits per heavy atom. The van der Waals surface area contributed by atoms with Crippen LogP contribution in [0.5, 0.6) is 5.75 Å². The van der Waals surface area contributed by atoms with Crippen molar-refractivity contribution in [3.05, 3.63) is 68.6 Å². The standard InChI is InChI=1S/C19H12FN5O2S/c1-24-19-10(7-22)14-16(28-19)15-13(18(26)25-14)12(9(6-21)17(23)27-15)8-4-2-3-5-11(8)20/h2-5,12,24H,23H2,1H3,(H,25,26). The van der Waals surface area contributed by atoms with Crippen LogP contribution in [-0.4, -0.2) is 12.0 Å². The number of fused-ring (bicyclic) bond motifs is 3. The number of nitriles is 2. The normalized spacial score (nSPS) is 15.5. The number of thiophene rings is 1. The molecule has 2 aromatic heterocycles. The van der Waals surface area contributed by atoms with Crippen molar-refractivity contribution in [2.24, 2.45) is 5.73 Å². The molecule has 3 aromatic rings. The third kappa shape index (κ3) is 2.34. The smallest absolute Gasteiger partial charge is 0.256 e. The van der Waals surface area contributed by atoms with Gasteiger partial charge in [0.05, 0.1) is 21.7 Å². The Labute approximate surface area is 162 Å². The molecule has 0 bridgehead atoms. The van der Waals surface area contributed by atoms with Gasteiger partial charge in [-0.1, -0.05) is 18.2 Å². The summed E-state index contributed by atoms with van der Waals surface area (Å²) >= 11 is 1.20. The summed E-state index contributed by atoms with van der Waals surface area (Å²) in [7, 11) is 1.65. The van der Waals surface area contributed by atoms with E-state index in [4.69, 9.17) is 10.5 Å². The number of nitrogens with one attached hydrogen (secondary N) is 2. The van der Waals surface area contributed by atoms with Crippen LogP contribution in [0.2, 0.25) is 0 Å². The van der Waals surface area contributed by atoms with Crippen LogP contribution in [0.4, 0.5) is 9.39 Å². The number of allylic oxidation sites excluding steroid dienone is 1. The van der Waals surface area contributed by atoms with Gasteiger partial charge >= 0.3 is 0 Å². The fourth-order valence-corrected chi connectivity index (χ4v) is 4.41. The SMILES string of the molecule is CNc1sc2c3c(c(=O)[nH]c2c1C#N)C(c1ccccc1F)C(C#N)=C(N)O3. The van der Waals surface area contributed by atoms with Crippen LogP contribution in [0.25, 0.3) is 10.2 Å². The van der Waals surface area contributed by atoms with Crippen molar-refractivity contribution in [3.63, 3.8) is 0 Å². The third-order valence-electron chi connectivity index (χ3n) is 4.57. The number of nitrogens with zero attached hydrogens (tertiary/aromatic N) is 2. The molecule has 4 N–H and O–H groups in total. The average Bonchev–Trinajstić information content (AvgIpc) is 3.05. The van der Waals surface area contributed by atoms with Crippen molar-refractivity contribution in [1.82, 2.24) is 4.98 Å². The Hall–Kier alpha value is -3.82. The maximum absolute atomic E-state index is 14.6. The molecule has 138 valence electrons. The molecule has 1 unspecified atom stereocenters. The zero-order valence-corrected chi connectivity index (χ0v) is 15.3. The van der Waals surface area contributed by atoms with E-state index in [9.17, 15) is 19.7 Å². The summed E-state index contributed by atoms with van der Waals surface area (Å²) in [4.78, 5) is 15.6. The fraction of sp³-hybridized carbons (Fsp3) is 0.105. The quantitative estimate of drug-likeness (QED) is 0.614. The predicted octanol–water partition coefficient (Wildman–Crippen LogP) is 2.86. The molecule has 0 fully saturated rings. The summed E-state index contributed by atoms with van der Waals surface area (Å²) in [6.45, 7) is 0. The van der Waals surface area contributed by atoms with E-state index in [0.29, 0.717) is 15.2 Å². The maximum atomic E-state index is 14.6. The molecule has 0 saturated heterocycles. The molecule has 0 aliphatic carbocycles. The average molecular weight is 393 g/mol. The molecular formula is C19H12FN5O2S. The maximum Gasteiger partial charge on any atom is 0.256 e. The van der Waals surface area contributed by atoms with Gasteiger partial charge in [-0.05, 0) is 6.07 Å². The highest BCUT2D eigenvalue weighted by Gasteiger charge is 2.37. The van der Waals surface area contributed by atoms with Gasteiger partial charge in [-0.2, -0.15) is 10.5 Å².